The van der Waals surface area contributed by atoms with Gasteiger partial charge in [0.2, 0.25) is 5.91 Å². The molecule has 9 heteroatoms. The number of benzene rings is 1. The fourth-order valence-electron chi connectivity index (χ4n) is 2.82. The summed E-state index contributed by atoms with van der Waals surface area (Å²) in [6.45, 7) is 3.14. The molecule has 0 radical (unpaired) electrons. The van der Waals surface area contributed by atoms with E-state index in [1.165, 1.54) is 12.1 Å². The normalized spacial score (nSPS) is 20.2. The summed E-state index contributed by atoms with van der Waals surface area (Å²) >= 11 is 0. The molecule has 1 fully saturated rings. The second-order valence-corrected chi connectivity index (χ2v) is 8.56. The van der Waals surface area contributed by atoms with Crippen LogP contribution in [0.1, 0.15) is 33.1 Å². The Bertz CT molecular complexity index is 837. The molecule has 1 saturated heterocycles. The SMILES string of the molecule is CCCC[C@@]1(C)NC(=O)N(CC(=O)Nc2ccccc2S(C)(=O)=O)C1=O. The monoisotopic (exact) mass is 381 g/mol. The number of nitrogens with zero attached hydrogens (tertiary/aromatic N) is 1. The van der Waals surface area contributed by atoms with Crippen molar-refractivity contribution in [1.29, 1.82) is 0 Å². The highest BCUT2D eigenvalue weighted by Crippen LogP contribution is 2.24. The van der Waals surface area contributed by atoms with E-state index in [9.17, 15) is 22.8 Å². The van der Waals surface area contributed by atoms with Gasteiger partial charge in [0.15, 0.2) is 9.84 Å². The van der Waals surface area contributed by atoms with Crippen molar-refractivity contribution in [2.45, 2.75) is 43.5 Å². The van der Waals surface area contributed by atoms with Gasteiger partial charge in [-0.15, -0.1) is 0 Å². The summed E-state index contributed by atoms with van der Waals surface area (Å²) in [5.41, 5.74) is -0.904. The van der Waals surface area contributed by atoms with Gasteiger partial charge in [-0.2, -0.15) is 0 Å². The minimum absolute atomic E-state index is 0.0293. The van der Waals surface area contributed by atoms with Crippen LogP contribution in [0.4, 0.5) is 10.5 Å². The molecular weight excluding hydrogens is 358 g/mol. The van der Waals surface area contributed by atoms with Gasteiger partial charge in [-0.25, -0.2) is 13.2 Å². The van der Waals surface area contributed by atoms with Gasteiger partial charge in [0.25, 0.3) is 5.91 Å². The van der Waals surface area contributed by atoms with Gasteiger partial charge in [-0.1, -0.05) is 31.9 Å². The Kier molecular flexibility index (Phi) is 5.70. The molecule has 1 atom stereocenters. The molecule has 26 heavy (non-hydrogen) atoms. The average molecular weight is 381 g/mol. The molecule has 0 unspecified atom stereocenters. The smallest absolute Gasteiger partial charge is 0.323 e. The zero-order chi connectivity index (χ0) is 19.5. The zero-order valence-electron chi connectivity index (χ0n) is 15.0. The van der Waals surface area contributed by atoms with Crippen molar-refractivity contribution in [3.63, 3.8) is 0 Å². The summed E-state index contributed by atoms with van der Waals surface area (Å²) in [6, 6.07) is 5.33. The fraction of sp³-hybridized carbons (Fsp3) is 0.471. The molecule has 1 heterocycles. The maximum Gasteiger partial charge on any atom is 0.325 e. The largest absolute Gasteiger partial charge is 0.325 e. The Morgan fingerprint density at radius 3 is 2.54 bits per heavy atom. The first-order chi connectivity index (χ1) is 12.1. The lowest BCUT2D eigenvalue weighted by Gasteiger charge is -2.21. The molecule has 1 aliphatic heterocycles. The third kappa shape index (κ3) is 4.21. The molecule has 0 aliphatic carbocycles. The predicted molar refractivity (Wildman–Crippen MR) is 96.4 cm³/mol. The van der Waals surface area contributed by atoms with E-state index in [-0.39, 0.29) is 10.6 Å². The number of hydrogen-bond acceptors (Lipinski definition) is 5. The summed E-state index contributed by atoms with van der Waals surface area (Å²) in [6.07, 6.45) is 3.17. The molecule has 4 amide bonds. The average Bonchev–Trinajstić information content (AvgIpc) is 2.76. The van der Waals surface area contributed by atoms with Crippen molar-refractivity contribution in [3.05, 3.63) is 24.3 Å². The van der Waals surface area contributed by atoms with Crippen molar-refractivity contribution in [3.8, 4) is 0 Å². The highest BCUT2D eigenvalue weighted by molar-refractivity contribution is 7.90. The molecule has 2 rings (SSSR count). The number of rotatable bonds is 7. The van der Waals surface area contributed by atoms with Crippen molar-refractivity contribution >= 4 is 33.4 Å². The van der Waals surface area contributed by atoms with Crippen LogP contribution in [0.2, 0.25) is 0 Å². The molecule has 1 aromatic rings. The number of urea groups is 1. The summed E-state index contributed by atoms with van der Waals surface area (Å²) in [7, 11) is -3.53. The number of carbonyl (C=O) groups is 3. The Morgan fingerprint density at radius 1 is 1.27 bits per heavy atom. The maximum atomic E-state index is 12.5. The minimum Gasteiger partial charge on any atom is -0.323 e. The predicted octanol–water partition coefficient (Wildman–Crippen LogP) is 1.53. The van der Waals surface area contributed by atoms with Gasteiger partial charge in [-0.05, 0) is 25.5 Å². The van der Waals surface area contributed by atoms with E-state index in [1.54, 1.807) is 19.1 Å². The Labute approximate surface area is 152 Å². The van der Waals surface area contributed by atoms with Crippen molar-refractivity contribution < 1.29 is 22.8 Å². The number of para-hydroxylation sites is 1. The molecule has 0 bridgehead atoms. The number of hydrogen-bond donors (Lipinski definition) is 2. The van der Waals surface area contributed by atoms with Crippen LogP contribution >= 0.6 is 0 Å². The van der Waals surface area contributed by atoms with Gasteiger partial charge >= 0.3 is 6.03 Å². The summed E-state index contributed by atoms with van der Waals surface area (Å²) in [5.74, 6) is -1.10. The van der Waals surface area contributed by atoms with Crippen LogP contribution < -0.4 is 10.6 Å². The van der Waals surface area contributed by atoms with Crippen LogP contribution in [0, 0.1) is 0 Å². The van der Waals surface area contributed by atoms with Crippen LogP contribution in [0.15, 0.2) is 29.2 Å². The second-order valence-electron chi connectivity index (χ2n) is 6.57. The fourth-order valence-corrected chi connectivity index (χ4v) is 3.66. The van der Waals surface area contributed by atoms with Crippen molar-refractivity contribution in [1.82, 2.24) is 10.2 Å². The lowest BCUT2D eigenvalue weighted by atomic mass is 9.95. The zero-order valence-corrected chi connectivity index (χ0v) is 15.9. The highest BCUT2D eigenvalue weighted by Gasteiger charge is 2.47. The molecule has 0 saturated carbocycles. The van der Waals surface area contributed by atoms with Gasteiger partial charge in [0.05, 0.1) is 10.6 Å². The Morgan fingerprint density at radius 2 is 1.92 bits per heavy atom. The van der Waals surface area contributed by atoms with E-state index in [1.807, 2.05) is 6.92 Å². The van der Waals surface area contributed by atoms with E-state index in [2.05, 4.69) is 10.6 Å². The Balaban J connectivity index is 2.12. The van der Waals surface area contributed by atoms with Crippen molar-refractivity contribution in [2.24, 2.45) is 0 Å². The molecule has 8 nitrogen and oxygen atoms in total. The van der Waals surface area contributed by atoms with Gasteiger partial charge in [-0.3, -0.25) is 14.5 Å². The topological polar surface area (TPSA) is 113 Å². The van der Waals surface area contributed by atoms with Crippen LogP contribution in [0.5, 0.6) is 0 Å². The summed E-state index contributed by atoms with van der Waals surface area (Å²) in [4.78, 5) is 37.7. The van der Waals surface area contributed by atoms with Crippen molar-refractivity contribution in [2.75, 3.05) is 18.1 Å². The second kappa shape index (κ2) is 7.45. The molecule has 1 aliphatic rings. The number of sulfone groups is 1. The van der Waals surface area contributed by atoms with E-state index in [0.717, 1.165) is 24.0 Å². The molecule has 2 N–H and O–H groups in total. The van der Waals surface area contributed by atoms with E-state index >= 15 is 0 Å². The van der Waals surface area contributed by atoms with Crippen LogP contribution in [-0.4, -0.2) is 49.5 Å². The molecular formula is C17H23N3O5S. The summed E-state index contributed by atoms with van der Waals surface area (Å²) in [5, 5.41) is 5.09. The van der Waals surface area contributed by atoms with Crippen LogP contribution in [0.25, 0.3) is 0 Å². The molecule has 142 valence electrons. The van der Waals surface area contributed by atoms with E-state index < -0.39 is 39.8 Å². The molecule has 0 aromatic heterocycles. The third-order valence-corrected chi connectivity index (χ3v) is 5.39. The standard InChI is InChI=1S/C17H23N3O5S/c1-4-5-10-17(2)15(22)20(16(23)19-17)11-14(21)18-12-8-6-7-9-13(12)26(3,24)25/h6-9H,4-5,10-11H2,1-3H3,(H,18,21)(H,19,23)/t17-/m1/s1. The lowest BCUT2D eigenvalue weighted by Crippen LogP contribution is -2.44. The number of carbonyl (C=O) groups excluding carboxylic acids is 3. The first kappa shape index (κ1) is 19.9. The first-order valence-electron chi connectivity index (χ1n) is 8.31. The van der Waals surface area contributed by atoms with Gasteiger partial charge in [0.1, 0.15) is 12.1 Å². The molecule has 0 spiro atoms. The number of nitrogens with one attached hydrogen (secondary N) is 2. The van der Waals surface area contributed by atoms with E-state index in [0.29, 0.717) is 6.42 Å². The van der Waals surface area contributed by atoms with Gasteiger partial charge < -0.3 is 10.6 Å². The summed E-state index contributed by atoms with van der Waals surface area (Å²) < 4.78 is 23.6. The quantitative estimate of drug-likeness (QED) is 0.696. The lowest BCUT2D eigenvalue weighted by molar-refractivity contribution is -0.133. The first-order valence-corrected chi connectivity index (χ1v) is 10.2. The van der Waals surface area contributed by atoms with Crippen LogP contribution in [-0.2, 0) is 19.4 Å². The number of unbranched alkanes of at least 4 members (excludes halogenated alkanes) is 1. The van der Waals surface area contributed by atoms with Crippen LogP contribution in [0.3, 0.4) is 0 Å². The molecule has 1 aromatic carbocycles. The van der Waals surface area contributed by atoms with E-state index in [4.69, 9.17) is 0 Å². The number of imide groups is 1. The maximum absolute atomic E-state index is 12.5. The Hall–Kier alpha value is -2.42. The minimum atomic E-state index is -3.53. The number of amides is 4. The van der Waals surface area contributed by atoms with Gasteiger partial charge in [0, 0.05) is 6.26 Å². The number of anilines is 1. The third-order valence-electron chi connectivity index (χ3n) is 4.24. The highest BCUT2D eigenvalue weighted by atomic mass is 32.2.